The van der Waals surface area contributed by atoms with Crippen LogP contribution in [0.25, 0.3) is 0 Å². The second kappa shape index (κ2) is 61.7. The first kappa shape index (κ1) is 70.1. The Morgan fingerprint density at radius 1 is 0.264 bits per heavy atom. The monoisotopic (exact) mass is 1010 g/mol. The van der Waals surface area contributed by atoms with Crippen LogP contribution in [0.1, 0.15) is 374 Å². The fraction of sp³-hybridized carbons (Fsp3) is 0.924. The first-order valence-electron chi connectivity index (χ1n) is 32.7. The molecule has 426 valence electrons. The maximum atomic E-state index is 12.8. The molecule has 0 amide bonds. The molecule has 0 heterocycles. The Labute approximate surface area is 450 Å². The zero-order chi connectivity index (χ0) is 52.2. The summed E-state index contributed by atoms with van der Waals surface area (Å²) in [6.45, 7) is 6.68. The van der Waals surface area contributed by atoms with Crippen molar-refractivity contribution >= 4 is 17.9 Å². The van der Waals surface area contributed by atoms with E-state index in [2.05, 4.69) is 32.9 Å². The van der Waals surface area contributed by atoms with Crippen LogP contribution in [0.4, 0.5) is 0 Å². The van der Waals surface area contributed by atoms with Gasteiger partial charge in [-0.15, -0.1) is 0 Å². The van der Waals surface area contributed by atoms with Crippen molar-refractivity contribution in [1.29, 1.82) is 0 Å². The predicted molar refractivity (Wildman–Crippen MR) is 312 cm³/mol. The maximum Gasteiger partial charge on any atom is 0.306 e. The summed E-state index contributed by atoms with van der Waals surface area (Å²) in [6, 6.07) is 0. The van der Waals surface area contributed by atoms with Crippen LogP contribution in [0.2, 0.25) is 0 Å². The first-order valence-corrected chi connectivity index (χ1v) is 32.7. The third kappa shape index (κ3) is 59.0. The van der Waals surface area contributed by atoms with Crippen LogP contribution in [0.15, 0.2) is 12.2 Å². The van der Waals surface area contributed by atoms with E-state index in [9.17, 15) is 14.4 Å². The maximum absolute atomic E-state index is 12.8. The van der Waals surface area contributed by atoms with E-state index in [0.29, 0.717) is 19.3 Å². The lowest BCUT2D eigenvalue weighted by Crippen LogP contribution is -2.30. The zero-order valence-corrected chi connectivity index (χ0v) is 49.0. The van der Waals surface area contributed by atoms with E-state index < -0.39 is 6.10 Å². The third-order valence-corrected chi connectivity index (χ3v) is 15.0. The van der Waals surface area contributed by atoms with E-state index in [0.717, 1.165) is 64.2 Å². The molecule has 0 aromatic rings. The topological polar surface area (TPSA) is 78.9 Å². The molecule has 0 spiro atoms. The van der Waals surface area contributed by atoms with Crippen LogP contribution >= 0.6 is 0 Å². The number of carbonyl (C=O) groups is 3. The number of ether oxygens (including phenoxy) is 3. The number of allylic oxidation sites excluding steroid dienone is 2. The van der Waals surface area contributed by atoms with Gasteiger partial charge in [0.2, 0.25) is 0 Å². The smallest absolute Gasteiger partial charge is 0.306 e. The molecule has 0 N–H and O–H groups in total. The summed E-state index contributed by atoms with van der Waals surface area (Å²) in [6.07, 6.45) is 72.5. The van der Waals surface area contributed by atoms with Crippen molar-refractivity contribution in [2.75, 3.05) is 13.2 Å². The van der Waals surface area contributed by atoms with Crippen molar-refractivity contribution in [2.45, 2.75) is 380 Å². The minimum atomic E-state index is -0.769. The number of carbonyl (C=O) groups excluding carboxylic acids is 3. The highest BCUT2D eigenvalue weighted by Gasteiger charge is 2.19. The van der Waals surface area contributed by atoms with Gasteiger partial charge in [0.1, 0.15) is 13.2 Å². The molecular formula is C66H126O6. The van der Waals surface area contributed by atoms with E-state index in [1.165, 1.54) is 270 Å². The Balaban J connectivity index is 4.07. The van der Waals surface area contributed by atoms with Crippen LogP contribution in [0, 0.1) is 0 Å². The van der Waals surface area contributed by atoms with Gasteiger partial charge in [-0.3, -0.25) is 14.4 Å². The molecule has 0 aromatic heterocycles. The molecule has 0 rings (SSSR count). The highest BCUT2D eigenvalue weighted by Crippen LogP contribution is 2.18. The molecule has 1 atom stereocenters. The van der Waals surface area contributed by atoms with Gasteiger partial charge in [0.15, 0.2) is 6.10 Å². The fourth-order valence-corrected chi connectivity index (χ4v) is 10.1. The van der Waals surface area contributed by atoms with Crippen molar-refractivity contribution in [3.8, 4) is 0 Å². The quantitative estimate of drug-likeness (QED) is 0.0261. The lowest BCUT2D eigenvalue weighted by Gasteiger charge is -2.18. The lowest BCUT2D eigenvalue weighted by molar-refractivity contribution is -0.167. The van der Waals surface area contributed by atoms with E-state index in [-0.39, 0.29) is 31.1 Å². The van der Waals surface area contributed by atoms with Gasteiger partial charge in [0.25, 0.3) is 0 Å². The Morgan fingerprint density at radius 2 is 0.458 bits per heavy atom. The average Bonchev–Trinajstić information content (AvgIpc) is 3.38. The van der Waals surface area contributed by atoms with Crippen molar-refractivity contribution in [1.82, 2.24) is 0 Å². The summed E-state index contributed by atoms with van der Waals surface area (Å²) in [7, 11) is 0. The van der Waals surface area contributed by atoms with Gasteiger partial charge in [-0.2, -0.15) is 0 Å². The highest BCUT2D eigenvalue weighted by atomic mass is 16.6. The Kier molecular flexibility index (Phi) is 60.1. The standard InChI is InChI=1S/C66H126O6/c1-4-7-10-13-16-19-22-24-26-27-28-29-30-31-32-33-34-35-36-37-38-39-41-42-44-47-50-53-56-59-65(68)71-62-63(61-70-64(67)58-55-52-49-46-21-18-15-12-9-6-3)72-66(69)60-57-54-51-48-45-43-40-25-23-20-17-14-11-8-5-2/h25,40,63H,4-24,26-39,41-62H2,1-3H3/b40-25-. The van der Waals surface area contributed by atoms with Crippen LogP contribution in [0.5, 0.6) is 0 Å². The molecule has 0 radical (unpaired) electrons. The first-order chi connectivity index (χ1) is 35.5. The van der Waals surface area contributed by atoms with Gasteiger partial charge in [-0.1, -0.05) is 322 Å². The van der Waals surface area contributed by atoms with Crippen LogP contribution in [0.3, 0.4) is 0 Å². The molecule has 0 aliphatic heterocycles. The van der Waals surface area contributed by atoms with Crippen LogP contribution in [-0.4, -0.2) is 37.2 Å². The minimum absolute atomic E-state index is 0.0674. The zero-order valence-electron chi connectivity index (χ0n) is 49.0. The Bertz CT molecular complexity index is 1120. The molecule has 1 unspecified atom stereocenters. The molecule has 6 heteroatoms. The summed E-state index contributed by atoms with van der Waals surface area (Å²) in [4.78, 5) is 38.1. The average molecular weight is 1020 g/mol. The van der Waals surface area contributed by atoms with Crippen molar-refractivity contribution < 1.29 is 28.6 Å². The van der Waals surface area contributed by atoms with E-state index in [1.54, 1.807) is 0 Å². The number of esters is 3. The summed E-state index contributed by atoms with van der Waals surface area (Å²) in [5.41, 5.74) is 0. The minimum Gasteiger partial charge on any atom is -0.462 e. The molecule has 0 saturated heterocycles. The highest BCUT2D eigenvalue weighted by molar-refractivity contribution is 5.71. The summed E-state index contributed by atoms with van der Waals surface area (Å²) < 4.78 is 16.9. The number of unbranched alkanes of at least 4 members (excludes halogenated alkanes) is 48. The van der Waals surface area contributed by atoms with Crippen molar-refractivity contribution in [3.05, 3.63) is 12.2 Å². The molecule has 0 aliphatic rings. The molecule has 0 bridgehead atoms. The van der Waals surface area contributed by atoms with Crippen molar-refractivity contribution in [3.63, 3.8) is 0 Å². The second-order valence-electron chi connectivity index (χ2n) is 22.4. The molecule has 0 saturated carbocycles. The summed E-state index contributed by atoms with van der Waals surface area (Å²) >= 11 is 0. The van der Waals surface area contributed by atoms with Crippen LogP contribution in [-0.2, 0) is 28.6 Å². The number of rotatable bonds is 61. The third-order valence-electron chi connectivity index (χ3n) is 15.0. The molecule has 0 fully saturated rings. The molecule has 0 aromatic carbocycles. The molecular weight excluding hydrogens is 889 g/mol. The van der Waals surface area contributed by atoms with E-state index in [1.807, 2.05) is 0 Å². The van der Waals surface area contributed by atoms with Crippen molar-refractivity contribution in [2.24, 2.45) is 0 Å². The Morgan fingerprint density at radius 3 is 0.694 bits per heavy atom. The second-order valence-corrected chi connectivity index (χ2v) is 22.4. The van der Waals surface area contributed by atoms with Gasteiger partial charge in [-0.05, 0) is 44.9 Å². The molecule has 0 aliphatic carbocycles. The SMILES string of the molecule is CCCCCCCC/C=C\CCCCCCCC(=O)OC(COC(=O)CCCCCCCCCCCC)COC(=O)CCCCCCCCCCCCCCCCCCCCCCCCCCCCCCC. The normalized spacial score (nSPS) is 12.0. The van der Waals surface area contributed by atoms with Gasteiger partial charge in [0.05, 0.1) is 0 Å². The van der Waals surface area contributed by atoms with E-state index in [4.69, 9.17) is 14.2 Å². The summed E-state index contributed by atoms with van der Waals surface area (Å²) in [5.74, 6) is -0.851. The predicted octanol–water partition coefficient (Wildman–Crippen LogP) is 22.1. The van der Waals surface area contributed by atoms with Gasteiger partial charge in [-0.25, -0.2) is 0 Å². The largest absolute Gasteiger partial charge is 0.462 e. The van der Waals surface area contributed by atoms with Gasteiger partial charge in [0, 0.05) is 19.3 Å². The number of hydrogen-bond donors (Lipinski definition) is 0. The van der Waals surface area contributed by atoms with Gasteiger partial charge < -0.3 is 14.2 Å². The van der Waals surface area contributed by atoms with E-state index >= 15 is 0 Å². The molecule has 6 nitrogen and oxygen atoms in total. The summed E-state index contributed by atoms with van der Waals surface area (Å²) in [5, 5.41) is 0. The Hall–Kier alpha value is -1.85. The lowest BCUT2D eigenvalue weighted by atomic mass is 10.0. The van der Waals surface area contributed by atoms with Gasteiger partial charge >= 0.3 is 17.9 Å². The van der Waals surface area contributed by atoms with Crippen LogP contribution < -0.4 is 0 Å². The fourth-order valence-electron chi connectivity index (χ4n) is 10.1. The number of hydrogen-bond acceptors (Lipinski definition) is 6. The molecule has 72 heavy (non-hydrogen) atoms.